The predicted octanol–water partition coefficient (Wildman–Crippen LogP) is 2.14. The molecular formula is C10H11N2+. The lowest BCUT2D eigenvalue weighted by atomic mass is 10.2. The maximum atomic E-state index is 3.81. The zero-order valence-electron chi connectivity index (χ0n) is 7.04. The van der Waals surface area contributed by atoms with Crippen LogP contribution in [0.2, 0.25) is 0 Å². The van der Waals surface area contributed by atoms with Gasteiger partial charge in [-0.3, -0.25) is 0 Å². The minimum absolute atomic E-state index is 1.04. The number of hydrogen-bond acceptors (Lipinski definition) is 0. The predicted molar refractivity (Wildman–Crippen MR) is 51.3 cm³/mol. The SMILES string of the molecule is C=[N+](C)c1cc2ccccc2[nH]1. The summed E-state index contributed by atoms with van der Waals surface area (Å²) in [6.45, 7) is 3.81. The average Bonchev–Trinajstić information content (AvgIpc) is 2.46. The van der Waals surface area contributed by atoms with E-state index < -0.39 is 0 Å². The van der Waals surface area contributed by atoms with Crippen molar-refractivity contribution >= 4 is 23.4 Å². The molecule has 1 N–H and O–H groups in total. The highest BCUT2D eigenvalue weighted by Gasteiger charge is 2.05. The van der Waals surface area contributed by atoms with Gasteiger partial charge in [0.2, 0.25) is 0 Å². The molecule has 1 heterocycles. The first-order valence-corrected chi connectivity index (χ1v) is 3.89. The van der Waals surface area contributed by atoms with Gasteiger partial charge in [-0.05, 0) is 6.07 Å². The molecule has 2 nitrogen and oxygen atoms in total. The summed E-state index contributed by atoms with van der Waals surface area (Å²) in [6.07, 6.45) is 0. The molecule has 0 aliphatic rings. The third kappa shape index (κ3) is 1.01. The third-order valence-electron chi connectivity index (χ3n) is 1.93. The molecule has 0 unspecified atom stereocenters. The molecule has 0 saturated carbocycles. The lowest BCUT2D eigenvalue weighted by molar-refractivity contribution is -0.398. The topological polar surface area (TPSA) is 18.8 Å². The van der Waals surface area contributed by atoms with E-state index in [2.05, 4.69) is 29.9 Å². The van der Waals surface area contributed by atoms with Crippen LogP contribution in [0.15, 0.2) is 30.3 Å². The minimum Gasteiger partial charge on any atom is -0.244 e. The van der Waals surface area contributed by atoms with Gasteiger partial charge in [-0.1, -0.05) is 18.2 Å². The zero-order chi connectivity index (χ0) is 8.55. The molecule has 0 aliphatic heterocycles. The number of hydrogen-bond donors (Lipinski definition) is 1. The van der Waals surface area contributed by atoms with Gasteiger partial charge in [-0.15, -0.1) is 0 Å². The smallest absolute Gasteiger partial charge is 0.244 e. The van der Waals surface area contributed by atoms with E-state index in [1.165, 1.54) is 5.39 Å². The number of nitrogens with one attached hydrogen (secondary N) is 1. The van der Waals surface area contributed by atoms with E-state index in [-0.39, 0.29) is 0 Å². The Morgan fingerprint density at radius 3 is 2.75 bits per heavy atom. The average molecular weight is 159 g/mol. The molecule has 0 fully saturated rings. The lowest BCUT2D eigenvalue weighted by Gasteiger charge is -1.85. The molecule has 0 amide bonds. The van der Waals surface area contributed by atoms with Crippen LogP contribution in [-0.4, -0.2) is 23.3 Å². The van der Waals surface area contributed by atoms with E-state index in [4.69, 9.17) is 0 Å². The highest BCUT2D eigenvalue weighted by atomic mass is 15.0. The molecule has 2 aromatic rings. The van der Waals surface area contributed by atoms with Crippen molar-refractivity contribution in [2.75, 3.05) is 7.05 Å². The third-order valence-corrected chi connectivity index (χ3v) is 1.93. The zero-order valence-corrected chi connectivity index (χ0v) is 7.04. The van der Waals surface area contributed by atoms with Crippen molar-refractivity contribution in [2.24, 2.45) is 0 Å². The molecule has 1 aromatic carbocycles. The largest absolute Gasteiger partial charge is 0.279 e. The fourth-order valence-corrected chi connectivity index (χ4v) is 1.26. The van der Waals surface area contributed by atoms with Crippen molar-refractivity contribution in [3.8, 4) is 0 Å². The number of H-pyrrole nitrogens is 1. The highest BCUT2D eigenvalue weighted by Crippen LogP contribution is 2.18. The molecule has 0 radical (unpaired) electrons. The first kappa shape index (κ1) is 7.10. The molecule has 0 bridgehead atoms. The number of aromatic nitrogens is 1. The molecule has 0 spiro atoms. The molecule has 0 atom stereocenters. The summed E-state index contributed by atoms with van der Waals surface area (Å²) in [5.41, 5.74) is 1.16. The molecule has 60 valence electrons. The Hall–Kier alpha value is -1.57. The Bertz CT molecular complexity index is 393. The minimum atomic E-state index is 1.04. The molecular weight excluding hydrogens is 148 g/mol. The summed E-state index contributed by atoms with van der Waals surface area (Å²) in [5.74, 6) is 1.04. The Labute approximate surface area is 71.2 Å². The Balaban J connectivity index is 2.70. The van der Waals surface area contributed by atoms with Crippen molar-refractivity contribution < 1.29 is 4.58 Å². The van der Waals surface area contributed by atoms with Crippen molar-refractivity contribution in [1.82, 2.24) is 4.98 Å². The Morgan fingerprint density at radius 1 is 1.33 bits per heavy atom. The van der Waals surface area contributed by atoms with Gasteiger partial charge in [0.1, 0.15) is 5.52 Å². The summed E-state index contributed by atoms with van der Waals surface area (Å²) in [7, 11) is 1.92. The number of rotatable bonds is 1. The summed E-state index contributed by atoms with van der Waals surface area (Å²) in [5, 5.41) is 1.23. The number of benzene rings is 1. The Kier molecular flexibility index (Phi) is 1.47. The first-order valence-electron chi connectivity index (χ1n) is 3.89. The van der Waals surface area contributed by atoms with Gasteiger partial charge in [0.15, 0.2) is 0 Å². The number of aromatic amines is 1. The van der Waals surface area contributed by atoms with Gasteiger partial charge in [0.25, 0.3) is 5.82 Å². The van der Waals surface area contributed by atoms with Crippen LogP contribution in [0.3, 0.4) is 0 Å². The standard InChI is InChI=1S/C10H11N2/c1-12(2)10-7-8-5-3-4-6-9(8)11-10/h3-7,11H,1H2,2H3/q+1. The van der Waals surface area contributed by atoms with Crippen molar-refractivity contribution in [1.29, 1.82) is 0 Å². The van der Waals surface area contributed by atoms with E-state index in [1.54, 1.807) is 0 Å². The second kappa shape index (κ2) is 2.48. The lowest BCUT2D eigenvalue weighted by Crippen LogP contribution is -1.90. The van der Waals surface area contributed by atoms with Gasteiger partial charge in [-0.2, -0.15) is 0 Å². The van der Waals surface area contributed by atoms with Crippen molar-refractivity contribution in [3.63, 3.8) is 0 Å². The molecule has 2 heteroatoms. The maximum Gasteiger partial charge on any atom is 0.279 e. The van der Waals surface area contributed by atoms with Crippen molar-refractivity contribution in [3.05, 3.63) is 30.3 Å². The second-order valence-corrected chi connectivity index (χ2v) is 2.94. The van der Waals surface area contributed by atoms with Gasteiger partial charge in [0, 0.05) is 11.5 Å². The van der Waals surface area contributed by atoms with Crippen LogP contribution in [0.25, 0.3) is 10.9 Å². The molecule has 12 heavy (non-hydrogen) atoms. The maximum absolute atomic E-state index is 3.81. The van der Waals surface area contributed by atoms with Crippen LogP contribution >= 0.6 is 0 Å². The molecule has 2 rings (SSSR count). The van der Waals surface area contributed by atoms with Gasteiger partial charge < -0.3 is 0 Å². The fourth-order valence-electron chi connectivity index (χ4n) is 1.26. The monoisotopic (exact) mass is 159 g/mol. The number of para-hydroxylation sites is 1. The van der Waals surface area contributed by atoms with Gasteiger partial charge in [0.05, 0.1) is 13.8 Å². The summed E-state index contributed by atoms with van der Waals surface area (Å²) in [6, 6.07) is 10.3. The van der Waals surface area contributed by atoms with E-state index in [1.807, 2.05) is 23.8 Å². The summed E-state index contributed by atoms with van der Waals surface area (Å²) < 4.78 is 1.82. The molecule has 0 aliphatic carbocycles. The van der Waals surface area contributed by atoms with Gasteiger partial charge in [-0.25, -0.2) is 9.56 Å². The molecule has 0 saturated heterocycles. The van der Waals surface area contributed by atoms with Crippen LogP contribution in [0.5, 0.6) is 0 Å². The fraction of sp³-hybridized carbons (Fsp3) is 0.100. The van der Waals surface area contributed by atoms with Crippen LogP contribution in [0, 0.1) is 0 Å². The van der Waals surface area contributed by atoms with E-state index in [9.17, 15) is 0 Å². The highest BCUT2D eigenvalue weighted by molar-refractivity contribution is 5.82. The van der Waals surface area contributed by atoms with E-state index in [0.29, 0.717) is 0 Å². The van der Waals surface area contributed by atoms with Crippen LogP contribution in [-0.2, 0) is 0 Å². The number of nitrogens with zero attached hydrogens (tertiary/aromatic N) is 1. The quantitative estimate of drug-likeness (QED) is 0.485. The number of fused-ring (bicyclic) bond motifs is 1. The van der Waals surface area contributed by atoms with E-state index >= 15 is 0 Å². The summed E-state index contributed by atoms with van der Waals surface area (Å²) >= 11 is 0. The molecule has 1 aromatic heterocycles. The van der Waals surface area contributed by atoms with Crippen LogP contribution in [0.1, 0.15) is 0 Å². The van der Waals surface area contributed by atoms with Crippen molar-refractivity contribution in [2.45, 2.75) is 0 Å². The first-order chi connectivity index (χ1) is 5.77. The van der Waals surface area contributed by atoms with Crippen LogP contribution < -0.4 is 0 Å². The second-order valence-electron chi connectivity index (χ2n) is 2.94. The van der Waals surface area contributed by atoms with Crippen LogP contribution in [0.4, 0.5) is 5.82 Å². The Morgan fingerprint density at radius 2 is 2.08 bits per heavy atom. The van der Waals surface area contributed by atoms with Gasteiger partial charge >= 0.3 is 0 Å². The summed E-state index contributed by atoms with van der Waals surface area (Å²) in [4.78, 5) is 3.26. The normalized spacial score (nSPS) is 10.4. The van der Waals surface area contributed by atoms with E-state index in [0.717, 1.165) is 11.3 Å².